The lowest BCUT2D eigenvalue weighted by Crippen LogP contribution is -2.11. The standard InChI is InChI=1S/C7H11NO3/c1-3-11-7(10)5(2)4-6(8)9/h4H,3H2,1-2H3,(H2,8,9)/b5-4-. The Balaban J connectivity index is 4.12. The van der Waals surface area contributed by atoms with Gasteiger partial charge in [-0.05, 0) is 13.8 Å². The molecule has 0 spiro atoms. The quantitative estimate of drug-likeness (QED) is 0.462. The molecule has 0 fully saturated rings. The highest BCUT2D eigenvalue weighted by molar-refractivity contribution is 5.97. The van der Waals surface area contributed by atoms with Crippen LogP contribution in [0.2, 0.25) is 0 Å². The maximum Gasteiger partial charge on any atom is 0.333 e. The zero-order valence-corrected chi connectivity index (χ0v) is 6.59. The monoisotopic (exact) mass is 157 g/mol. The molecule has 0 aromatic carbocycles. The van der Waals surface area contributed by atoms with Crippen LogP contribution in [0.5, 0.6) is 0 Å². The van der Waals surface area contributed by atoms with Gasteiger partial charge in [0.15, 0.2) is 0 Å². The van der Waals surface area contributed by atoms with Crippen LogP contribution in [-0.2, 0) is 14.3 Å². The molecule has 11 heavy (non-hydrogen) atoms. The highest BCUT2D eigenvalue weighted by atomic mass is 16.5. The molecule has 0 saturated heterocycles. The van der Waals surface area contributed by atoms with Crippen molar-refractivity contribution in [3.05, 3.63) is 11.6 Å². The minimum absolute atomic E-state index is 0.222. The number of hydrogen-bond acceptors (Lipinski definition) is 3. The van der Waals surface area contributed by atoms with Crippen molar-refractivity contribution in [1.29, 1.82) is 0 Å². The molecular weight excluding hydrogens is 146 g/mol. The number of carbonyl (C=O) groups is 2. The average molecular weight is 157 g/mol. The lowest BCUT2D eigenvalue weighted by atomic mass is 10.3. The summed E-state index contributed by atoms with van der Waals surface area (Å²) >= 11 is 0. The maximum atomic E-state index is 10.8. The van der Waals surface area contributed by atoms with E-state index < -0.39 is 11.9 Å². The first-order valence-corrected chi connectivity index (χ1v) is 3.22. The molecule has 0 aliphatic carbocycles. The minimum Gasteiger partial charge on any atom is -0.463 e. The number of nitrogens with two attached hydrogens (primary N) is 1. The molecule has 0 bridgehead atoms. The smallest absolute Gasteiger partial charge is 0.333 e. The first-order chi connectivity index (χ1) is 5.07. The Hall–Kier alpha value is -1.32. The van der Waals surface area contributed by atoms with Gasteiger partial charge >= 0.3 is 5.97 Å². The summed E-state index contributed by atoms with van der Waals surface area (Å²) < 4.78 is 4.59. The van der Waals surface area contributed by atoms with Gasteiger partial charge in [0.1, 0.15) is 0 Å². The van der Waals surface area contributed by atoms with E-state index in [9.17, 15) is 9.59 Å². The number of rotatable bonds is 3. The first-order valence-electron chi connectivity index (χ1n) is 3.22. The number of ether oxygens (including phenoxy) is 1. The average Bonchev–Trinajstić information content (AvgIpc) is 1.86. The molecule has 0 saturated carbocycles. The maximum absolute atomic E-state index is 10.8. The van der Waals surface area contributed by atoms with Crippen LogP contribution in [0.15, 0.2) is 11.6 Å². The Morgan fingerprint density at radius 3 is 2.45 bits per heavy atom. The zero-order chi connectivity index (χ0) is 8.85. The summed E-state index contributed by atoms with van der Waals surface area (Å²) in [4.78, 5) is 21.0. The number of esters is 1. The van der Waals surface area contributed by atoms with Crippen LogP contribution in [0.1, 0.15) is 13.8 Å². The predicted octanol–water partition coefficient (Wildman–Crippen LogP) is -0.0189. The summed E-state index contributed by atoms with van der Waals surface area (Å²) in [6, 6.07) is 0. The fourth-order valence-electron chi connectivity index (χ4n) is 0.517. The van der Waals surface area contributed by atoms with Crippen LogP contribution in [0, 0.1) is 0 Å². The Morgan fingerprint density at radius 2 is 2.09 bits per heavy atom. The second-order valence-corrected chi connectivity index (χ2v) is 1.95. The molecule has 0 atom stereocenters. The second kappa shape index (κ2) is 4.49. The molecule has 4 nitrogen and oxygen atoms in total. The third-order valence-corrected chi connectivity index (χ3v) is 0.956. The molecule has 1 amide bonds. The molecular formula is C7H11NO3. The zero-order valence-electron chi connectivity index (χ0n) is 6.59. The van der Waals surface area contributed by atoms with Crippen LogP contribution >= 0.6 is 0 Å². The third kappa shape index (κ3) is 4.13. The van der Waals surface area contributed by atoms with E-state index in [1.54, 1.807) is 6.92 Å². The van der Waals surface area contributed by atoms with E-state index in [4.69, 9.17) is 5.73 Å². The number of primary amides is 1. The van der Waals surface area contributed by atoms with Gasteiger partial charge in [0.25, 0.3) is 0 Å². The van der Waals surface area contributed by atoms with Gasteiger partial charge < -0.3 is 10.5 Å². The molecule has 0 aromatic rings. The van der Waals surface area contributed by atoms with Gasteiger partial charge in [-0.15, -0.1) is 0 Å². The molecule has 0 aliphatic rings. The number of carbonyl (C=O) groups excluding carboxylic acids is 2. The molecule has 2 N–H and O–H groups in total. The molecule has 0 aromatic heterocycles. The lowest BCUT2D eigenvalue weighted by Gasteiger charge is -1.98. The van der Waals surface area contributed by atoms with Crippen LogP contribution < -0.4 is 5.73 Å². The third-order valence-electron chi connectivity index (χ3n) is 0.956. The van der Waals surface area contributed by atoms with E-state index in [0.29, 0.717) is 6.61 Å². The predicted molar refractivity (Wildman–Crippen MR) is 39.6 cm³/mol. The van der Waals surface area contributed by atoms with Crippen LogP contribution in [0.25, 0.3) is 0 Å². The van der Waals surface area contributed by atoms with Crippen molar-refractivity contribution >= 4 is 11.9 Å². The Morgan fingerprint density at radius 1 is 1.55 bits per heavy atom. The Kier molecular flexibility index (Phi) is 3.95. The van der Waals surface area contributed by atoms with Gasteiger partial charge in [0, 0.05) is 11.6 Å². The van der Waals surface area contributed by atoms with Crippen LogP contribution in [0.3, 0.4) is 0 Å². The molecule has 0 rings (SSSR count). The first kappa shape index (κ1) is 9.68. The molecule has 0 radical (unpaired) electrons. The fraction of sp³-hybridized carbons (Fsp3) is 0.429. The summed E-state index contributed by atoms with van der Waals surface area (Å²) in [5, 5.41) is 0. The summed E-state index contributed by atoms with van der Waals surface area (Å²) in [5.74, 6) is -1.15. The largest absolute Gasteiger partial charge is 0.463 e. The second-order valence-electron chi connectivity index (χ2n) is 1.95. The van der Waals surface area contributed by atoms with Gasteiger partial charge in [-0.1, -0.05) is 0 Å². The summed E-state index contributed by atoms with van der Waals surface area (Å²) in [6.45, 7) is 3.46. The van der Waals surface area contributed by atoms with E-state index in [1.165, 1.54) is 6.92 Å². The van der Waals surface area contributed by atoms with Crippen molar-refractivity contribution in [1.82, 2.24) is 0 Å². The van der Waals surface area contributed by atoms with Gasteiger partial charge in [0.05, 0.1) is 6.61 Å². The molecule has 0 heterocycles. The van der Waals surface area contributed by atoms with Gasteiger partial charge in [0.2, 0.25) is 5.91 Å². The van der Waals surface area contributed by atoms with Crippen molar-refractivity contribution in [3.63, 3.8) is 0 Å². The van der Waals surface area contributed by atoms with Gasteiger partial charge in [-0.3, -0.25) is 4.79 Å². The van der Waals surface area contributed by atoms with Crippen molar-refractivity contribution in [3.8, 4) is 0 Å². The topological polar surface area (TPSA) is 69.4 Å². The SMILES string of the molecule is CCOC(=O)/C(C)=C\C(N)=O. The van der Waals surface area contributed by atoms with E-state index in [1.807, 2.05) is 0 Å². The van der Waals surface area contributed by atoms with E-state index in [-0.39, 0.29) is 5.57 Å². The number of amides is 1. The van der Waals surface area contributed by atoms with Crippen molar-refractivity contribution in [2.75, 3.05) is 6.61 Å². The highest BCUT2D eigenvalue weighted by Crippen LogP contribution is 1.94. The highest BCUT2D eigenvalue weighted by Gasteiger charge is 2.04. The van der Waals surface area contributed by atoms with E-state index >= 15 is 0 Å². The van der Waals surface area contributed by atoms with Crippen molar-refractivity contribution in [2.24, 2.45) is 5.73 Å². The lowest BCUT2D eigenvalue weighted by molar-refractivity contribution is -0.138. The van der Waals surface area contributed by atoms with E-state index in [0.717, 1.165) is 6.08 Å². The Labute approximate surface area is 65.0 Å². The van der Waals surface area contributed by atoms with Crippen LogP contribution in [0.4, 0.5) is 0 Å². The number of hydrogen-bond donors (Lipinski definition) is 1. The van der Waals surface area contributed by atoms with E-state index in [2.05, 4.69) is 4.74 Å². The minimum atomic E-state index is -0.643. The normalized spacial score (nSPS) is 10.9. The molecule has 0 unspecified atom stereocenters. The summed E-state index contributed by atoms with van der Waals surface area (Å²) in [5.41, 5.74) is 5.03. The summed E-state index contributed by atoms with van der Waals surface area (Å²) in [6.07, 6.45) is 1.04. The molecule has 4 heteroatoms. The molecule has 62 valence electrons. The van der Waals surface area contributed by atoms with Gasteiger partial charge in [-0.2, -0.15) is 0 Å². The van der Waals surface area contributed by atoms with Crippen molar-refractivity contribution < 1.29 is 14.3 Å². The van der Waals surface area contributed by atoms with Gasteiger partial charge in [-0.25, -0.2) is 4.79 Å². The van der Waals surface area contributed by atoms with Crippen molar-refractivity contribution in [2.45, 2.75) is 13.8 Å². The Bertz CT molecular complexity index is 196. The fourth-order valence-corrected chi connectivity index (χ4v) is 0.517. The summed E-state index contributed by atoms with van der Waals surface area (Å²) in [7, 11) is 0. The molecule has 0 aliphatic heterocycles. The van der Waals surface area contributed by atoms with Crippen LogP contribution in [-0.4, -0.2) is 18.5 Å².